The van der Waals surface area contributed by atoms with Gasteiger partial charge in [-0.3, -0.25) is 0 Å². The van der Waals surface area contributed by atoms with Crippen LogP contribution in [0.2, 0.25) is 0 Å². The number of aromatic nitrogens is 3. The van der Waals surface area contributed by atoms with Gasteiger partial charge in [0, 0.05) is 5.56 Å². The average Bonchev–Trinajstić information content (AvgIpc) is 2.38. The van der Waals surface area contributed by atoms with Crippen LogP contribution in [-0.4, -0.2) is 27.3 Å². The van der Waals surface area contributed by atoms with Gasteiger partial charge >= 0.3 is 0 Å². The van der Waals surface area contributed by atoms with Crippen molar-refractivity contribution in [3.63, 3.8) is 0 Å². The fourth-order valence-electron chi connectivity index (χ4n) is 1.43. The molecular weight excluding hydrogens is 216 g/mol. The fourth-order valence-corrected chi connectivity index (χ4v) is 1.43. The fraction of sp³-hybridized carbons (Fsp3) is 0.250. The minimum absolute atomic E-state index is 0.0414. The van der Waals surface area contributed by atoms with E-state index in [-0.39, 0.29) is 11.8 Å². The van der Waals surface area contributed by atoms with Crippen LogP contribution in [0.1, 0.15) is 18.8 Å². The van der Waals surface area contributed by atoms with Crippen LogP contribution in [0.4, 0.5) is 0 Å². The topological polar surface area (TPSA) is 70.9 Å². The second kappa shape index (κ2) is 4.88. The van der Waals surface area contributed by atoms with Crippen molar-refractivity contribution >= 4 is 0 Å². The van der Waals surface area contributed by atoms with Gasteiger partial charge in [0.05, 0.1) is 17.9 Å². The number of hydrogen-bond donors (Lipinski definition) is 2. The van der Waals surface area contributed by atoms with Crippen molar-refractivity contribution in [1.82, 2.24) is 20.5 Å². The van der Waals surface area contributed by atoms with Crippen LogP contribution >= 0.6 is 0 Å². The molecule has 0 aliphatic rings. The Bertz CT molecular complexity index is 515. The molecule has 0 amide bonds. The smallest absolute Gasteiger partial charge is 0.168 e. The maximum Gasteiger partial charge on any atom is 0.168 e. The van der Waals surface area contributed by atoms with Crippen LogP contribution in [0.3, 0.4) is 0 Å². The Kier molecular flexibility index (Phi) is 3.30. The van der Waals surface area contributed by atoms with Gasteiger partial charge in [0.15, 0.2) is 5.82 Å². The Labute approximate surface area is 99.6 Å². The summed E-state index contributed by atoms with van der Waals surface area (Å²) in [4.78, 5) is 4.41. The monoisotopic (exact) mass is 230 g/mol. The van der Waals surface area contributed by atoms with Gasteiger partial charge in [0.2, 0.25) is 0 Å². The molecule has 2 N–H and O–H groups in total. The number of benzene rings is 1. The summed E-state index contributed by atoms with van der Waals surface area (Å²) in [5.74, 6) is 0.845. The number of aromatic hydroxyl groups is 1. The summed E-state index contributed by atoms with van der Waals surface area (Å²) in [5, 5.41) is 20.4. The molecule has 0 saturated heterocycles. The minimum atomic E-state index is 0.0414. The molecule has 0 aliphatic carbocycles. The van der Waals surface area contributed by atoms with E-state index in [1.807, 2.05) is 20.0 Å². The van der Waals surface area contributed by atoms with Gasteiger partial charge < -0.3 is 10.4 Å². The number of nitrogens with one attached hydrogen (secondary N) is 1. The molecule has 88 valence electrons. The molecule has 1 aromatic heterocycles. The second-order valence-electron chi connectivity index (χ2n) is 3.76. The third kappa shape index (κ3) is 2.57. The van der Waals surface area contributed by atoms with E-state index >= 15 is 0 Å². The highest BCUT2D eigenvalue weighted by molar-refractivity contribution is 5.59. The van der Waals surface area contributed by atoms with Crippen LogP contribution < -0.4 is 5.32 Å². The first-order chi connectivity index (χ1) is 8.20. The third-order valence-electron chi connectivity index (χ3n) is 2.54. The summed E-state index contributed by atoms with van der Waals surface area (Å²) in [6.07, 6.45) is 1.58. The lowest BCUT2D eigenvalue weighted by atomic mass is 10.1. The molecule has 5 heteroatoms. The highest BCUT2D eigenvalue weighted by atomic mass is 16.3. The quantitative estimate of drug-likeness (QED) is 0.836. The molecule has 17 heavy (non-hydrogen) atoms. The zero-order chi connectivity index (χ0) is 12.3. The van der Waals surface area contributed by atoms with Crippen molar-refractivity contribution in [3.8, 4) is 17.0 Å². The average molecular weight is 230 g/mol. The summed E-state index contributed by atoms with van der Waals surface area (Å²) in [5.41, 5.74) is 1.53. The standard InChI is InChI=1S/C12H14N4O/c1-8(13-2)12-15-11(7-14-16-12)9-4-3-5-10(17)6-9/h3-8,13,17H,1-2H3. The summed E-state index contributed by atoms with van der Waals surface area (Å²) >= 11 is 0. The van der Waals surface area contributed by atoms with Crippen molar-refractivity contribution < 1.29 is 5.11 Å². The van der Waals surface area contributed by atoms with E-state index in [1.165, 1.54) is 0 Å². The lowest BCUT2D eigenvalue weighted by Crippen LogP contribution is -2.16. The molecule has 0 spiro atoms. The number of rotatable bonds is 3. The summed E-state index contributed by atoms with van der Waals surface area (Å²) in [6, 6.07) is 6.96. The van der Waals surface area contributed by atoms with Crippen molar-refractivity contribution in [2.45, 2.75) is 13.0 Å². The van der Waals surface area contributed by atoms with E-state index in [0.29, 0.717) is 11.5 Å². The van der Waals surface area contributed by atoms with E-state index in [9.17, 15) is 5.11 Å². The normalized spacial score (nSPS) is 12.4. The molecule has 1 unspecified atom stereocenters. The van der Waals surface area contributed by atoms with Crippen LogP contribution in [0.5, 0.6) is 5.75 Å². The number of phenols is 1. The number of nitrogens with zero attached hydrogens (tertiary/aromatic N) is 3. The maximum absolute atomic E-state index is 9.42. The van der Waals surface area contributed by atoms with E-state index in [4.69, 9.17) is 0 Å². The van der Waals surface area contributed by atoms with Crippen molar-refractivity contribution in [1.29, 1.82) is 0 Å². The third-order valence-corrected chi connectivity index (χ3v) is 2.54. The lowest BCUT2D eigenvalue weighted by molar-refractivity contribution is 0.475. The van der Waals surface area contributed by atoms with E-state index < -0.39 is 0 Å². The van der Waals surface area contributed by atoms with E-state index in [0.717, 1.165) is 5.56 Å². The van der Waals surface area contributed by atoms with Gasteiger partial charge in [0.1, 0.15) is 5.75 Å². The molecule has 2 aromatic rings. The lowest BCUT2D eigenvalue weighted by Gasteiger charge is -2.08. The first-order valence-electron chi connectivity index (χ1n) is 5.37. The highest BCUT2D eigenvalue weighted by Crippen LogP contribution is 2.21. The second-order valence-corrected chi connectivity index (χ2v) is 3.76. The summed E-state index contributed by atoms with van der Waals surface area (Å²) in [7, 11) is 1.84. The van der Waals surface area contributed by atoms with Gasteiger partial charge in [-0.2, -0.15) is 5.10 Å². The molecule has 0 aliphatic heterocycles. The summed E-state index contributed by atoms with van der Waals surface area (Å²) < 4.78 is 0. The number of phenolic OH excluding ortho intramolecular Hbond substituents is 1. The molecule has 1 aromatic carbocycles. The minimum Gasteiger partial charge on any atom is -0.508 e. The van der Waals surface area contributed by atoms with E-state index in [1.54, 1.807) is 24.4 Å². The molecule has 1 atom stereocenters. The van der Waals surface area contributed by atoms with Gasteiger partial charge in [-0.05, 0) is 26.1 Å². The van der Waals surface area contributed by atoms with Gasteiger partial charge in [0.25, 0.3) is 0 Å². The molecule has 2 rings (SSSR count). The maximum atomic E-state index is 9.42. The SMILES string of the molecule is CNC(C)c1nncc(-c2cccc(O)c2)n1. The zero-order valence-electron chi connectivity index (χ0n) is 9.75. The Morgan fingerprint density at radius 2 is 2.18 bits per heavy atom. The van der Waals surface area contributed by atoms with Crippen LogP contribution in [0, 0.1) is 0 Å². The molecule has 0 bridgehead atoms. The Morgan fingerprint density at radius 1 is 1.35 bits per heavy atom. The van der Waals surface area contributed by atoms with Gasteiger partial charge in [-0.25, -0.2) is 4.98 Å². The van der Waals surface area contributed by atoms with Crippen LogP contribution in [0.15, 0.2) is 30.5 Å². The molecular formula is C12H14N4O. The van der Waals surface area contributed by atoms with Crippen molar-refractivity contribution in [2.24, 2.45) is 0 Å². The molecule has 5 nitrogen and oxygen atoms in total. The zero-order valence-corrected chi connectivity index (χ0v) is 9.75. The predicted octanol–water partition coefficient (Wildman–Crippen LogP) is 1.52. The number of hydrogen-bond acceptors (Lipinski definition) is 5. The van der Waals surface area contributed by atoms with E-state index in [2.05, 4.69) is 20.5 Å². The Balaban J connectivity index is 2.39. The van der Waals surface area contributed by atoms with Gasteiger partial charge in [-0.1, -0.05) is 12.1 Å². The molecule has 1 heterocycles. The first-order valence-corrected chi connectivity index (χ1v) is 5.37. The molecule has 0 radical (unpaired) electrons. The summed E-state index contributed by atoms with van der Waals surface area (Å²) in [6.45, 7) is 1.96. The van der Waals surface area contributed by atoms with Crippen LogP contribution in [-0.2, 0) is 0 Å². The van der Waals surface area contributed by atoms with Gasteiger partial charge in [-0.15, -0.1) is 5.10 Å². The first kappa shape index (κ1) is 11.5. The molecule has 0 fully saturated rings. The van der Waals surface area contributed by atoms with Crippen molar-refractivity contribution in [2.75, 3.05) is 7.05 Å². The largest absolute Gasteiger partial charge is 0.508 e. The Morgan fingerprint density at radius 3 is 2.88 bits per heavy atom. The Hall–Kier alpha value is -2.01. The highest BCUT2D eigenvalue weighted by Gasteiger charge is 2.09. The van der Waals surface area contributed by atoms with Crippen LogP contribution in [0.25, 0.3) is 11.3 Å². The van der Waals surface area contributed by atoms with Crippen molar-refractivity contribution in [3.05, 3.63) is 36.3 Å². The molecule has 0 saturated carbocycles. The predicted molar refractivity (Wildman–Crippen MR) is 64.4 cm³/mol.